The Balaban J connectivity index is 2.29. The molecule has 1 aromatic rings. The molecule has 6 nitrogen and oxygen atoms in total. The topological polar surface area (TPSA) is 60.9 Å². The highest BCUT2D eigenvalue weighted by Crippen LogP contribution is 2.32. The fourth-order valence-electron chi connectivity index (χ4n) is 2.98. The van der Waals surface area contributed by atoms with E-state index in [1.807, 2.05) is 0 Å². The van der Waals surface area contributed by atoms with Gasteiger partial charge < -0.3 is 9.80 Å². The molecule has 0 bridgehead atoms. The van der Waals surface area contributed by atoms with Crippen LogP contribution in [-0.2, 0) is 14.8 Å². The summed E-state index contributed by atoms with van der Waals surface area (Å²) in [5.74, 6) is -0.239. The van der Waals surface area contributed by atoms with E-state index in [0.29, 0.717) is 18.1 Å². The fraction of sp³-hybridized carbons (Fsp3) is 0.562. The van der Waals surface area contributed by atoms with Crippen LogP contribution < -0.4 is 4.31 Å². The molecule has 1 unspecified atom stereocenters. The number of benzene rings is 1. The average molecular weight is 408 g/mol. The molecule has 1 aliphatic rings. The Morgan fingerprint density at radius 3 is 2.36 bits per heavy atom. The molecule has 9 heteroatoms. The number of piperazine rings is 1. The highest BCUT2D eigenvalue weighted by molar-refractivity contribution is 7.92. The number of anilines is 1. The van der Waals surface area contributed by atoms with Crippen molar-refractivity contribution in [1.29, 1.82) is 0 Å². The van der Waals surface area contributed by atoms with E-state index in [-0.39, 0.29) is 16.6 Å². The lowest BCUT2D eigenvalue weighted by Gasteiger charge is -2.37. The molecule has 0 aliphatic carbocycles. The maximum absolute atomic E-state index is 12.9. The molecule has 1 atom stereocenters. The Morgan fingerprint density at radius 1 is 1.24 bits per heavy atom. The van der Waals surface area contributed by atoms with Gasteiger partial charge in [-0.1, -0.05) is 30.1 Å². The van der Waals surface area contributed by atoms with Gasteiger partial charge in [-0.2, -0.15) is 0 Å². The van der Waals surface area contributed by atoms with E-state index in [1.54, 1.807) is 17.9 Å². The van der Waals surface area contributed by atoms with Crippen molar-refractivity contribution in [3.8, 4) is 0 Å². The molecule has 0 radical (unpaired) electrons. The summed E-state index contributed by atoms with van der Waals surface area (Å²) in [6.45, 7) is 7.32. The van der Waals surface area contributed by atoms with E-state index in [9.17, 15) is 13.2 Å². The van der Waals surface area contributed by atoms with Crippen molar-refractivity contribution in [2.24, 2.45) is 0 Å². The maximum Gasteiger partial charge on any atom is 0.246 e. The Kier molecular flexibility index (Phi) is 6.59. The molecule has 0 N–H and O–H groups in total. The van der Waals surface area contributed by atoms with Gasteiger partial charge in [0, 0.05) is 31.2 Å². The van der Waals surface area contributed by atoms with Crippen molar-refractivity contribution in [1.82, 2.24) is 9.80 Å². The molecule has 0 aromatic heterocycles. The molecule has 25 heavy (non-hydrogen) atoms. The number of halogens is 2. The van der Waals surface area contributed by atoms with Gasteiger partial charge in [0.25, 0.3) is 0 Å². The van der Waals surface area contributed by atoms with Gasteiger partial charge in [-0.3, -0.25) is 9.10 Å². The summed E-state index contributed by atoms with van der Waals surface area (Å²) in [5.41, 5.74) is 0.213. The first-order chi connectivity index (χ1) is 11.6. The van der Waals surface area contributed by atoms with Crippen LogP contribution in [0.1, 0.15) is 13.8 Å². The molecule has 1 heterocycles. The van der Waals surface area contributed by atoms with Crippen LogP contribution in [0.2, 0.25) is 10.0 Å². The largest absolute Gasteiger partial charge is 0.338 e. The van der Waals surface area contributed by atoms with Gasteiger partial charge in [0.15, 0.2) is 0 Å². The van der Waals surface area contributed by atoms with Gasteiger partial charge >= 0.3 is 0 Å². The van der Waals surface area contributed by atoms with Crippen LogP contribution in [-0.4, -0.2) is 69.1 Å². The summed E-state index contributed by atoms with van der Waals surface area (Å²) >= 11 is 12.2. The smallest absolute Gasteiger partial charge is 0.246 e. The lowest BCUT2D eigenvalue weighted by atomic mass is 10.2. The van der Waals surface area contributed by atoms with Crippen LogP contribution in [0, 0.1) is 0 Å². The summed E-state index contributed by atoms with van der Waals surface area (Å²) in [7, 11) is -3.72. The Labute approximate surface area is 159 Å². The van der Waals surface area contributed by atoms with Gasteiger partial charge in [0.1, 0.15) is 6.04 Å². The van der Waals surface area contributed by atoms with E-state index in [0.717, 1.165) is 30.2 Å². The molecule has 1 saturated heterocycles. The van der Waals surface area contributed by atoms with Gasteiger partial charge in [0.05, 0.1) is 17.0 Å². The molecule has 1 amide bonds. The maximum atomic E-state index is 12.9. The standard InChI is InChI=1S/C16H23Cl2N3O3S/c1-4-19-7-9-20(10-8-19)16(22)12(2)21(25(3,23)24)15-11-13(17)5-6-14(15)18/h5-6,11-12H,4,7-10H2,1-3H3. The molecule has 1 fully saturated rings. The van der Waals surface area contributed by atoms with Crippen molar-refractivity contribution in [2.75, 3.05) is 43.3 Å². The van der Waals surface area contributed by atoms with Crippen LogP contribution in [0.25, 0.3) is 0 Å². The van der Waals surface area contributed by atoms with E-state index in [4.69, 9.17) is 23.2 Å². The lowest BCUT2D eigenvalue weighted by Crippen LogP contribution is -2.55. The number of hydrogen-bond donors (Lipinski definition) is 0. The zero-order chi connectivity index (χ0) is 18.8. The van der Waals surface area contributed by atoms with Crippen molar-refractivity contribution >= 4 is 44.8 Å². The molecular formula is C16H23Cl2N3O3S. The van der Waals surface area contributed by atoms with Gasteiger partial charge in [0.2, 0.25) is 15.9 Å². The summed E-state index contributed by atoms with van der Waals surface area (Å²) in [6.07, 6.45) is 1.06. The van der Waals surface area contributed by atoms with Crippen LogP contribution in [0.5, 0.6) is 0 Å². The highest BCUT2D eigenvalue weighted by Gasteiger charge is 2.34. The number of rotatable bonds is 5. The monoisotopic (exact) mass is 407 g/mol. The number of likely N-dealkylation sites (N-methyl/N-ethyl adjacent to an activating group) is 1. The SMILES string of the molecule is CCN1CCN(C(=O)C(C)N(c2cc(Cl)ccc2Cl)S(C)(=O)=O)CC1. The number of amides is 1. The average Bonchev–Trinajstić information content (AvgIpc) is 2.56. The minimum atomic E-state index is -3.72. The van der Waals surface area contributed by atoms with Crippen molar-refractivity contribution in [3.05, 3.63) is 28.2 Å². The molecular weight excluding hydrogens is 385 g/mol. The first kappa shape index (κ1) is 20.3. The van der Waals surface area contributed by atoms with Gasteiger partial charge in [-0.15, -0.1) is 0 Å². The third-order valence-corrected chi connectivity index (χ3v) is 6.13. The number of nitrogens with zero attached hydrogens (tertiary/aromatic N) is 3. The summed E-state index contributed by atoms with van der Waals surface area (Å²) in [5, 5.41) is 0.578. The minimum Gasteiger partial charge on any atom is -0.338 e. The van der Waals surface area contributed by atoms with Crippen LogP contribution in [0.15, 0.2) is 18.2 Å². The van der Waals surface area contributed by atoms with E-state index >= 15 is 0 Å². The molecule has 0 saturated carbocycles. The van der Waals surface area contributed by atoms with Crippen molar-refractivity contribution in [2.45, 2.75) is 19.9 Å². The first-order valence-electron chi connectivity index (χ1n) is 8.10. The molecule has 140 valence electrons. The molecule has 0 spiro atoms. The number of sulfonamides is 1. The van der Waals surface area contributed by atoms with Gasteiger partial charge in [-0.05, 0) is 31.7 Å². The summed E-state index contributed by atoms with van der Waals surface area (Å²) < 4.78 is 25.8. The number of hydrogen-bond acceptors (Lipinski definition) is 4. The van der Waals surface area contributed by atoms with E-state index in [2.05, 4.69) is 11.8 Å². The third kappa shape index (κ3) is 4.78. The predicted octanol–water partition coefficient (Wildman–Crippen LogP) is 2.31. The Hall–Kier alpha value is -1.02. The highest BCUT2D eigenvalue weighted by atomic mass is 35.5. The van der Waals surface area contributed by atoms with Crippen molar-refractivity contribution < 1.29 is 13.2 Å². The summed E-state index contributed by atoms with van der Waals surface area (Å²) in [6, 6.07) is 3.65. The van der Waals surface area contributed by atoms with Crippen LogP contribution in [0.3, 0.4) is 0 Å². The number of carbonyl (C=O) groups excluding carboxylic acids is 1. The molecule has 2 rings (SSSR count). The lowest BCUT2D eigenvalue weighted by molar-refractivity contribution is -0.133. The quantitative estimate of drug-likeness (QED) is 0.750. The second-order valence-corrected chi connectivity index (χ2v) is 8.79. The fourth-order valence-corrected chi connectivity index (χ4v) is 4.58. The van der Waals surface area contributed by atoms with Gasteiger partial charge in [-0.25, -0.2) is 8.42 Å². The Morgan fingerprint density at radius 2 is 1.84 bits per heavy atom. The number of carbonyl (C=O) groups is 1. The Bertz CT molecular complexity index is 734. The summed E-state index contributed by atoms with van der Waals surface area (Å²) in [4.78, 5) is 16.8. The van der Waals surface area contributed by atoms with Crippen molar-refractivity contribution in [3.63, 3.8) is 0 Å². The molecule has 1 aromatic carbocycles. The molecule has 1 aliphatic heterocycles. The van der Waals surface area contributed by atoms with E-state index < -0.39 is 16.1 Å². The second kappa shape index (κ2) is 8.12. The predicted molar refractivity (Wildman–Crippen MR) is 102 cm³/mol. The second-order valence-electron chi connectivity index (χ2n) is 6.09. The van der Waals surface area contributed by atoms with Crippen LogP contribution in [0.4, 0.5) is 5.69 Å². The first-order valence-corrected chi connectivity index (χ1v) is 10.7. The zero-order valence-corrected chi connectivity index (χ0v) is 16.9. The van der Waals surface area contributed by atoms with Crippen LogP contribution >= 0.6 is 23.2 Å². The third-order valence-electron chi connectivity index (χ3n) is 4.34. The normalized spacial score (nSPS) is 17.4. The zero-order valence-electron chi connectivity index (χ0n) is 14.6. The minimum absolute atomic E-state index is 0.213. The van der Waals surface area contributed by atoms with E-state index in [1.165, 1.54) is 12.1 Å².